The van der Waals surface area contributed by atoms with E-state index >= 15 is 0 Å². The fraction of sp³-hybridized carbons (Fsp3) is 0.571. The third kappa shape index (κ3) is 3.67. The largest absolute Gasteiger partial charge is 0.458 e. The van der Waals surface area contributed by atoms with E-state index in [0.717, 1.165) is 12.8 Å². The Kier molecular flexibility index (Phi) is 4.24. The van der Waals surface area contributed by atoms with Crippen LogP contribution in [0.4, 0.5) is 0 Å². The van der Waals surface area contributed by atoms with Crippen molar-refractivity contribution in [1.29, 1.82) is 0 Å². The van der Waals surface area contributed by atoms with E-state index in [1.54, 1.807) is 0 Å². The average molecular weight is 298 g/mol. The summed E-state index contributed by atoms with van der Waals surface area (Å²) in [6.45, 7) is 0. The molecule has 0 N–H and O–H groups in total. The van der Waals surface area contributed by atoms with Crippen LogP contribution in [-0.2, 0) is 9.53 Å². The predicted molar refractivity (Wildman–Crippen MR) is 58.1 cm³/mol. The van der Waals surface area contributed by atoms with Crippen molar-refractivity contribution in [2.24, 2.45) is 0 Å². The number of alkyl halides is 3. The minimum absolute atomic E-state index is 0.0731. The number of esters is 1. The van der Waals surface area contributed by atoms with Crippen molar-refractivity contribution in [2.45, 2.75) is 22.7 Å². The van der Waals surface area contributed by atoms with Crippen molar-refractivity contribution < 1.29 is 9.53 Å². The lowest BCUT2D eigenvalue weighted by Gasteiger charge is -2.11. The first-order chi connectivity index (χ1) is 6.32. The van der Waals surface area contributed by atoms with Gasteiger partial charge in [0.15, 0.2) is 0 Å². The molecule has 1 saturated carbocycles. The van der Waals surface area contributed by atoms with E-state index in [2.05, 4.69) is 0 Å². The third-order valence-electron chi connectivity index (χ3n) is 1.42. The molecule has 0 radical (unpaired) electrons. The third-order valence-corrected chi connectivity index (χ3v) is 3.19. The summed E-state index contributed by atoms with van der Waals surface area (Å²) in [6.07, 6.45) is 1.60. The second-order valence-corrected chi connectivity index (χ2v) is 5.77. The van der Waals surface area contributed by atoms with E-state index in [1.807, 2.05) is 0 Å². The van der Waals surface area contributed by atoms with Gasteiger partial charge in [0.05, 0.1) is 5.03 Å². The molecule has 0 heterocycles. The Balaban J connectivity index is 2.69. The Hall–Kier alpha value is 0.660. The summed E-state index contributed by atoms with van der Waals surface area (Å²) >= 11 is 27.4. The summed E-state index contributed by atoms with van der Waals surface area (Å²) in [5.74, 6) is -0.759. The maximum Gasteiger partial charge on any atom is 0.351 e. The van der Waals surface area contributed by atoms with Crippen molar-refractivity contribution in [3.05, 3.63) is 10.1 Å². The highest BCUT2D eigenvalue weighted by Crippen LogP contribution is 2.40. The zero-order chi connectivity index (χ0) is 10.9. The lowest BCUT2D eigenvalue weighted by atomic mass is 10.5. The molecule has 7 heteroatoms. The molecule has 14 heavy (non-hydrogen) atoms. The lowest BCUT2D eigenvalue weighted by Crippen LogP contribution is -2.12. The molecule has 1 fully saturated rings. The molecule has 2 nitrogen and oxygen atoms in total. The van der Waals surface area contributed by atoms with Gasteiger partial charge in [-0.15, -0.1) is 0 Å². The first-order valence-corrected chi connectivity index (χ1v) is 5.55. The summed E-state index contributed by atoms with van der Waals surface area (Å²) in [5, 5.41) is -0.742. The molecule has 1 aliphatic carbocycles. The van der Waals surface area contributed by atoms with Crippen molar-refractivity contribution in [1.82, 2.24) is 0 Å². The molecule has 0 spiro atoms. The van der Waals surface area contributed by atoms with Crippen LogP contribution in [0.1, 0.15) is 12.8 Å². The Labute approximate surface area is 106 Å². The van der Waals surface area contributed by atoms with Crippen LogP contribution in [0.2, 0.25) is 0 Å². The van der Waals surface area contributed by atoms with Gasteiger partial charge in [0.1, 0.15) is 11.1 Å². The zero-order valence-electron chi connectivity index (χ0n) is 6.70. The van der Waals surface area contributed by atoms with Crippen LogP contribution in [0.3, 0.4) is 0 Å². The number of halogens is 5. The summed E-state index contributed by atoms with van der Waals surface area (Å²) in [6, 6.07) is 0. The van der Waals surface area contributed by atoms with Crippen LogP contribution in [0.5, 0.6) is 0 Å². The van der Waals surface area contributed by atoms with Gasteiger partial charge in [-0.2, -0.15) is 0 Å². The SMILES string of the molecule is O=C(OC1CC1)C(Cl)=C(Cl)C(Cl)(Cl)Cl. The minimum atomic E-state index is -1.90. The van der Waals surface area contributed by atoms with Crippen molar-refractivity contribution >= 4 is 64.0 Å². The van der Waals surface area contributed by atoms with E-state index in [0.29, 0.717) is 0 Å². The quantitative estimate of drug-likeness (QED) is 0.441. The molecule has 1 aliphatic rings. The van der Waals surface area contributed by atoms with Gasteiger partial charge < -0.3 is 4.74 Å². The highest BCUT2D eigenvalue weighted by molar-refractivity contribution is 6.74. The van der Waals surface area contributed by atoms with E-state index in [1.165, 1.54) is 0 Å². The average Bonchev–Trinajstić information content (AvgIpc) is 2.83. The van der Waals surface area contributed by atoms with Crippen molar-refractivity contribution in [3.63, 3.8) is 0 Å². The molecule has 0 aromatic heterocycles. The molecule has 0 aromatic carbocycles. The van der Waals surface area contributed by atoms with Gasteiger partial charge in [-0.25, -0.2) is 4.79 Å². The monoisotopic (exact) mass is 296 g/mol. The number of hydrogen-bond acceptors (Lipinski definition) is 2. The molecule has 0 aromatic rings. The van der Waals surface area contributed by atoms with Crippen LogP contribution in [0, 0.1) is 0 Å². The smallest absolute Gasteiger partial charge is 0.351 e. The fourth-order valence-electron chi connectivity index (χ4n) is 0.603. The summed E-state index contributed by atoms with van der Waals surface area (Å²) in [5.41, 5.74) is 0. The molecule has 0 unspecified atom stereocenters. The van der Waals surface area contributed by atoms with Gasteiger partial charge in [-0.1, -0.05) is 58.0 Å². The number of carbonyl (C=O) groups excluding carboxylic acids is 1. The molecule has 0 saturated heterocycles. The molecule has 0 atom stereocenters. The Morgan fingerprint density at radius 3 is 2.07 bits per heavy atom. The second-order valence-electron chi connectivity index (χ2n) is 2.73. The molecule has 0 bridgehead atoms. The second kappa shape index (κ2) is 4.67. The molecular weight excluding hydrogens is 293 g/mol. The van der Waals surface area contributed by atoms with E-state index in [9.17, 15) is 4.79 Å². The lowest BCUT2D eigenvalue weighted by molar-refractivity contribution is -0.139. The highest BCUT2D eigenvalue weighted by Gasteiger charge is 2.33. The molecule has 80 valence electrons. The predicted octanol–water partition coefficient (Wildman–Crippen LogP) is 3.75. The summed E-state index contributed by atoms with van der Waals surface area (Å²) in [4.78, 5) is 11.2. The van der Waals surface area contributed by atoms with Gasteiger partial charge in [0.25, 0.3) is 0 Å². The van der Waals surface area contributed by atoms with Crippen LogP contribution >= 0.6 is 58.0 Å². The topological polar surface area (TPSA) is 26.3 Å². The van der Waals surface area contributed by atoms with Crippen LogP contribution in [0.15, 0.2) is 10.1 Å². The van der Waals surface area contributed by atoms with E-state index in [-0.39, 0.29) is 11.1 Å². The standard InChI is InChI=1S/C7H5Cl5O2/c8-4(5(9)7(10,11)12)6(13)14-3-1-2-3/h3H,1-2H2. The summed E-state index contributed by atoms with van der Waals surface area (Å²) < 4.78 is 2.95. The Morgan fingerprint density at radius 2 is 1.71 bits per heavy atom. The van der Waals surface area contributed by atoms with Crippen LogP contribution < -0.4 is 0 Å². The normalized spacial score (nSPS) is 18.9. The number of allylic oxidation sites excluding steroid dienone is 1. The molecular formula is C7H5Cl5O2. The van der Waals surface area contributed by atoms with Gasteiger partial charge in [-0.05, 0) is 12.8 Å². The highest BCUT2D eigenvalue weighted by atomic mass is 35.6. The number of carbonyl (C=O) groups is 1. The van der Waals surface area contributed by atoms with Crippen LogP contribution in [-0.4, -0.2) is 15.9 Å². The van der Waals surface area contributed by atoms with E-state index < -0.39 is 14.8 Å². The molecule has 0 amide bonds. The number of hydrogen-bond donors (Lipinski definition) is 0. The van der Waals surface area contributed by atoms with Gasteiger partial charge in [0.2, 0.25) is 3.79 Å². The minimum Gasteiger partial charge on any atom is -0.458 e. The fourth-order valence-corrected chi connectivity index (χ4v) is 1.30. The molecule has 0 aliphatic heterocycles. The van der Waals surface area contributed by atoms with E-state index in [4.69, 9.17) is 62.7 Å². The summed E-state index contributed by atoms with van der Waals surface area (Å²) in [7, 11) is 0. The van der Waals surface area contributed by atoms with Gasteiger partial charge in [-0.3, -0.25) is 0 Å². The van der Waals surface area contributed by atoms with Gasteiger partial charge in [0, 0.05) is 0 Å². The number of rotatable bonds is 2. The van der Waals surface area contributed by atoms with Gasteiger partial charge >= 0.3 is 5.97 Å². The number of ether oxygens (including phenoxy) is 1. The Bertz CT molecular complexity index is 276. The first kappa shape index (κ1) is 12.7. The molecule has 1 rings (SSSR count). The maximum absolute atomic E-state index is 11.2. The first-order valence-electron chi connectivity index (χ1n) is 3.66. The van der Waals surface area contributed by atoms with Crippen LogP contribution in [0.25, 0.3) is 0 Å². The van der Waals surface area contributed by atoms with Crippen molar-refractivity contribution in [2.75, 3.05) is 0 Å². The Morgan fingerprint density at radius 1 is 1.21 bits per heavy atom. The zero-order valence-corrected chi connectivity index (χ0v) is 10.5. The van der Waals surface area contributed by atoms with Crippen molar-refractivity contribution in [3.8, 4) is 0 Å². The maximum atomic E-state index is 11.2.